The molecule has 1 aliphatic rings. The molecule has 0 radical (unpaired) electrons. The largest absolute Gasteiger partial charge is 0.456 e. The van der Waals surface area contributed by atoms with E-state index in [1.165, 1.54) is 35.2 Å². The molecule has 1 saturated heterocycles. The monoisotopic (exact) mass is 668 g/mol. The Labute approximate surface area is 279 Å². The first-order chi connectivity index (χ1) is 22.3. The van der Waals surface area contributed by atoms with Gasteiger partial charge in [0.2, 0.25) is 0 Å². The lowest BCUT2D eigenvalue weighted by Crippen LogP contribution is -2.50. The number of carbonyl (C=O) groups is 2. The van der Waals surface area contributed by atoms with Crippen molar-refractivity contribution >= 4 is 11.8 Å². The van der Waals surface area contributed by atoms with Gasteiger partial charge < -0.3 is 48.8 Å². The third-order valence-electron chi connectivity index (χ3n) is 8.89. The van der Waals surface area contributed by atoms with Crippen LogP contribution in [0.3, 0.4) is 0 Å². The lowest BCUT2D eigenvalue weighted by Gasteiger charge is -2.36. The highest BCUT2D eigenvalue weighted by atomic mass is 16.7. The molecule has 0 bridgehead atoms. The summed E-state index contributed by atoms with van der Waals surface area (Å²) >= 11 is 0. The van der Waals surface area contributed by atoms with Crippen LogP contribution in [0.5, 0.6) is 0 Å². The van der Waals surface area contributed by atoms with E-state index in [1.807, 2.05) is 50.3 Å². The molecule has 2 rings (SSSR count). The molecule has 12 heteroatoms. The molecule has 1 fully saturated rings. The van der Waals surface area contributed by atoms with Gasteiger partial charge >= 0.3 is 5.97 Å². The summed E-state index contributed by atoms with van der Waals surface area (Å²) in [5.74, 6) is -1.56. The first-order valence-corrected chi connectivity index (χ1v) is 16.2. The van der Waals surface area contributed by atoms with Gasteiger partial charge in [0.1, 0.15) is 19.0 Å². The maximum absolute atomic E-state index is 13.8. The van der Waals surface area contributed by atoms with Gasteiger partial charge in [0.15, 0.2) is 11.9 Å². The molecule has 0 amide bonds. The first-order valence-electron chi connectivity index (χ1n) is 16.2. The Balaban J connectivity index is 2.47. The maximum atomic E-state index is 13.8. The molecule has 47 heavy (non-hydrogen) atoms. The number of carbonyl (C=O) groups excluding carboxylic acids is 2. The zero-order valence-electron chi connectivity index (χ0n) is 28.9. The van der Waals surface area contributed by atoms with Gasteiger partial charge in [-0.05, 0) is 24.5 Å². The summed E-state index contributed by atoms with van der Waals surface area (Å²) in [5, 5.41) is 43.3. The van der Waals surface area contributed by atoms with Crippen LogP contribution < -0.4 is 0 Å². The summed E-state index contributed by atoms with van der Waals surface area (Å²) in [5.41, 5.74) is 0.298. The SMILES string of the molecule is CC[C@H](/C=C(/C)[C@@H]1C[C@@H](OC)C[C@H](O)C(C)(C)C(=O)[C@H](O)[C@H](O)C[C@@H](O)C[C@@H](OC)[C@H](OCOC)C(=O)O1)COCc1ccccc1. The van der Waals surface area contributed by atoms with Crippen molar-refractivity contribution < 1.29 is 58.4 Å². The van der Waals surface area contributed by atoms with Gasteiger partial charge in [0.05, 0.1) is 49.1 Å². The van der Waals surface area contributed by atoms with Crippen molar-refractivity contribution in [2.45, 2.75) is 115 Å². The standard InChI is InChI=1S/C35H56O12/c1-8-23(19-45-20-24-12-10-9-11-13-24)14-22(2)28-17-26(43-6)18-30(38)35(3,4)33(40)31(39)27(37)15-25(36)16-29(44-7)32(34(41)47-28)46-21-42-5/h9-14,23,25-32,36-39H,8,15-21H2,1-7H3/b22-14-/t23-,25-,26-,27-,28+,29-,30+,31-,32+/m1/s1. The van der Waals surface area contributed by atoms with Crippen molar-refractivity contribution in [3.8, 4) is 0 Å². The van der Waals surface area contributed by atoms with Crippen LogP contribution in [-0.2, 0) is 44.6 Å². The zero-order valence-corrected chi connectivity index (χ0v) is 28.9. The van der Waals surface area contributed by atoms with Crippen molar-refractivity contribution in [3.63, 3.8) is 0 Å². The number of cyclic esters (lactones) is 1. The van der Waals surface area contributed by atoms with Crippen molar-refractivity contribution in [1.82, 2.24) is 0 Å². The average Bonchev–Trinajstić information content (AvgIpc) is 3.05. The minimum absolute atomic E-state index is 0.00348. The highest BCUT2D eigenvalue weighted by Crippen LogP contribution is 2.31. The summed E-state index contributed by atoms with van der Waals surface area (Å²) in [4.78, 5) is 27.0. The number of hydrogen-bond acceptors (Lipinski definition) is 12. The fourth-order valence-electron chi connectivity index (χ4n) is 5.57. The van der Waals surface area contributed by atoms with Gasteiger partial charge in [-0.25, -0.2) is 4.79 Å². The molecule has 9 atom stereocenters. The number of aliphatic hydroxyl groups excluding tert-OH is 4. The maximum Gasteiger partial charge on any atom is 0.338 e. The van der Waals surface area contributed by atoms with Crippen molar-refractivity contribution in [2.75, 3.05) is 34.7 Å². The Morgan fingerprint density at radius 2 is 1.68 bits per heavy atom. The predicted octanol–water partition coefficient (Wildman–Crippen LogP) is 2.72. The second kappa shape index (κ2) is 20.3. The lowest BCUT2D eigenvalue weighted by molar-refractivity contribution is -0.185. The summed E-state index contributed by atoms with van der Waals surface area (Å²) in [6.45, 7) is 7.44. The van der Waals surface area contributed by atoms with Crippen LogP contribution in [0.25, 0.3) is 0 Å². The Kier molecular flexibility index (Phi) is 17.7. The predicted molar refractivity (Wildman–Crippen MR) is 173 cm³/mol. The molecule has 268 valence electrons. The summed E-state index contributed by atoms with van der Waals surface area (Å²) in [6, 6.07) is 9.84. The lowest BCUT2D eigenvalue weighted by atomic mass is 9.76. The number of ketones is 1. The molecule has 0 saturated carbocycles. The molecular formula is C35H56O12. The van der Waals surface area contributed by atoms with Gasteiger partial charge in [0.25, 0.3) is 0 Å². The summed E-state index contributed by atoms with van der Waals surface area (Å²) in [6.07, 6.45) is -7.73. The smallest absolute Gasteiger partial charge is 0.338 e. The van der Waals surface area contributed by atoms with E-state index in [4.69, 9.17) is 28.4 Å². The average molecular weight is 669 g/mol. The van der Waals surface area contributed by atoms with Gasteiger partial charge in [-0.15, -0.1) is 0 Å². The van der Waals surface area contributed by atoms with Crippen LogP contribution in [0.15, 0.2) is 42.0 Å². The van der Waals surface area contributed by atoms with Crippen LogP contribution in [0, 0.1) is 11.3 Å². The topological polar surface area (TPSA) is 170 Å². The number of Topliss-reactive ketones (excluding diaryl/α,β-unsaturated/α-hetero) is 1. The second-order valence-electron chi connectivity index (χ2n) is 12.8. The van der Waals surface area contributed by atoms with Crippen LogP contribution in [0.4, 0.5) is 0 Å². The van der Waals surface area contributed by atoms with Crippen molar-refractivity contribution in [3.05, 3.63) is 47.5 Å². The zero-order chi connectivity index (χ0) is 35.1. The van der Waals surface area contributed by atoms with Gasteiger partial charge in [-0.3, -0.25) is 4.79 Å². The van der Waals surface area contributed by atoms with E-state index in [2.05, 4.69) is 0 Å². The van der Waals surface area contributed by atoms with Gasteiger partial charge in [-0.2, -0.15) is 0 Å². The van der Waals surface area contributed by atoms with Crippen LogP contribution >= 0.6 is 0 Å². The van der Waals surface area contributed by atoms with Crippen LogP contribution in [-0.4, -0.2) is 116 Å². The molecule has 1 aromatic carbocycles. The molecule has 12 nitrogen and oxygen atoms in total. The minimum Gasteiger partial charge on any atom is -0.456 e. The van der Waals surface area contributed by atoms with Gasteiger partial charge in [0, 0.05) is 52.9 Å². The quantitative estimate of drug-likeness (QED) is 0.146. The van der Waals surface area contributed by atoms with Crippen molar-refractivity contribution in [2.24, 2.45) is 11.3 Å². The molecular weight excluding hydrogens is 612 g/mol. The van der Waals surface area contributed by atoms with E-state index < -0.39 is 72.4 Å². The molecule has 1 heterocycles. The molecule has 0 spiro atoms. The number of aliphatic hydroxyl groups is 4. The number of esters is 1. The number of rotatable bonds is 12. The summed E-state index contributed by atoms with van der Waals surface area (Å²) in [7, 11) is 4.19. The third kappa shape index (κ3) is 12.6. The van der Waals surface area contributed by atoms with Crippen molar-refractivity contribution in [1.29, 1.82) is 0 Å². The second-order valence-corrected chi connectivity index (χ2v) is 12.8. The molecule has 0 aromatic heterocycles. The third-order valence-corrected chi connectivity index (χ3v) is 8.89. The van der Waals surface area contributed by atoms with E-state index in [-0.39, 0.29) is 32.0 Å². The van der Waals surface area contributed by atoms with E-state index in [0.29, 0.717) is 13.2 Å². The van der Waals surface area contributed by atoms with E-state index >= 15 is 0 Å². The van der Waals surface area contributed by atoms with Crippen LogP contribution in [0.2, 0.25) is 0 Å². The highest BCUT2D eigenvalue weighted by molar-refractivity contribution is 5.89. The molecule has 1 aromatic rings. The van der Waals surface area contributed by atoms with E-state index in [0.717, 1.165) is 17.6 Å². The number of hydrogen-bond donors (Lipinski definition) is 4. The Bertz CT molecular complexity index is 1090. The number of methoxy groups -OCH3 is 3. The Morgan fingerprint density at radius 3 is 2.28 bits per heavy atom. The fourth-order valence-corrected chi connectivity index (χ4v) is 5.57. The molecule has 1 aliphatic heterocycles. The molecule has 0 unspecified atom stereocenters. The Hall–Kier alpha value is -2.26. The minimum atomic E-state index is -1.87. The number of benzene rings is 1. The van der Waals surface area contributed by atoms with E-state index in [9.17, 15) is 30.0 Å². The Morgan fingerprint density at radius 1 is 1.00 bits per heavy atom. The molecule has 0 aliphatic carbocycles. The van der Waals surface area contributed by atoms with Gasteiger partial charge in [-0.1, -0.05) is 57.2 Å². The summed E-state index contributed by atoms with van der Waals surface area (Å²) < 4.78 is 34.0. The normalized spacial score (nSPS) is 30.9. The highest BCUT2D eigenvalue weighted by Gasteiger charge is 2.44. The number of ether oxygens (including phenoxy) is 6. The van der Waals surface area contributed by atoms with E-state index in [1.54, 1.807) is 0 Å². The van der Waals surface area contributed by atoms with Crippen LogP contribution in [0.1, 0.15) is 65.4 Å². The first kappa shape index (κ1) is 40.9. The fraction of sp³-hybridized carbons (Fsp3) is 0.714. The molecule has 4 N–H and O–H groups in total.